The number of thiazole rings is 1. The topological polar surface area (TPSA) is 216 Å². The lowest BCUT2D eigenvalue weighted by Gasteiger charge is -2.44. The van der Waals surface area contributed by atoms with Crippen LogP contribution in [0, 0.1) is 5.92 Å². The van der Waals surface area contributed by atoms with Gasteiger partial charge < -0.3 is 34.3 Å². The zero-order valence-electron chi connectivity index (χ0n) is 39.5. The number of ether oxygens (including phenoxy) is 4. The number of carbonyl (C=O) groups is 4. The number of pyridine rings is 1. The molecule has 0 bridgehead atoms. The fraction of sp³-hybridized carbons (Fsp3) is 0.583. The van der Waals surface area contributed by atoms with Crippen LogP contribution in [0.4, 0.5) is 18.0 Å². The zero-order chi connectivity index (χ0) is 50.3. The van der Waals surface area contributed by atoms with Crippen LogP contribution in [0.15, 0.2) is 60.1 Å². The summed E-state index contributed by atoms with van der Waals surface area (Å²) in [4.78, 5) is 68.6. The maximum atomic E-state index is 16.2. The Morgan fingerprint density at radius 3 is 2.46 bits per heavy atom. The van der Waals surface area contributed by atoms with Gasteiger partial charge in [-0.1, -0.05) is 19.1 Å². The number of nitrogens with one attached hydrogen (secondary N) is 2. The van der Waals surface area contributed by atoms with Crippen molar-refractivity contribution >= 4 is 45.2 Å². The number of alkyl halides is 3. The summed E-state index contributed by atoms with van der Waals surface area (Å²) >= 11 is 1.23. The maximum Gasteiger partial charge on any atom is 0.412 e. The third-order valence-corrected chi connectivity index (χ3v) is 16.7. The zero-order valence-corrected chi connectivity index (χ0v) is 41.1. The molecule has 2 unspecified atom stereocenters. The first-order valence-electron chi connectivity index (χ1n) is 23.7. The molecule has 5 aliphatic rings. The van der Waals surface area contributed by atoms with Gasteiger partial charge in [0.05, 0.1) is 41.4 Å². The van der Waals surface area contributed by atoms with Crippen molar-refractivity contribution in [2.45, 2.75) is 157 Å². The van der Waals surface area contributed by atoms with Gasteiger partial charge in [0.25, 0.3) is 5.91 Å². The third kappa shape index (κ3) is 10.6. The Balaban J connectivity index is 1.25. The van der Waals surface area contributed by atoms with Crippen LogP contribution in [-0.2, 0) is 33.9 Å². The van der Waals surface area contributed by atoms with E-state index in [-0.39, 0.29) is 43.4 Å². The van der Waals surface area contributed by atoms with Crippen molar-refractivity contribution in [1.29, 1.82) is 0 Å². The summed E-state index contributed by atoms with van der Waals surface area (Å²) in [6.07, 6.45) is -5.06. The number of allylic oxidation sites excluding steroid dienone is 1. The van der Waals surface area contributed by atoms with Crippen LogP contribution in [-0.4, -0.2) is 135 Å². The molecule has 17 nitrogen and oxygen atoms in total. The van der Waals surface area contributed by atoms with Crippen molar-refractivity contribution in [3.05, 3.63) is 60.1 Å². The van der Waals surface area contributed by atoms with E-state index >= 15 is 22.8 Å². The number of hydrogen-bond donors (Lipinski definition) is 3. The molecule has 1 aromatic carbocycles. The van der Waals surface area contributed by atoms with Gasteiger partial charge in [-0.3, -0.25) is 24.0 Å². The molecule has 0 spiro atoms. The Kier molecular flexibility index (Phi) is 14.6. The molecular weight excluding hydrogens is 958 g/mol. The van der Waals surface area contributed by atoms with Crippen LogP contribution >= 0.6 is 11.3 Å². The summed E-state index contributed by atoms with van der Waals surface area (Å²) in [5, 5.41) is 15.7. The number of fused-ring (bicyclic) bond motifs is 2. The molecule has 0 radical (unpaired) electrons. The summed E-state index contributed by atoms with van der Waals surface area (Å²) in [6, 6.07) is 1.94. The van der Waals surface area contributed by atoms with Gasteiger partial charge >= 0.3 is 12.3 Å². The van der Waals surface area contributed by atoms with E-state index in [4.69, 9.17) is 23.9 Å². The van der Waals surface area contributed by atoms with E-state index in [0.717, 1.165) is 4.90 Å². The average Bonchev–Trinajstić information content (AvgIpc) is 4.07. The fourth-order valence-electron chi connectivity index (χ4n) is 9.65. The molecule has 8 rings (SSSR count). The normalized spacial score (nSPS) is 29.6. The second-order valence-electron chi connectivity index (χ2n) is 19.3. The standard InChI is InChI=1S/C48H59F3N6O11S2/c1-6-37-39(56(45(61)62)31-12-9-20-65-26-31)43(59)57-36(41(58)54-47(25-30(47)11-8-7-10-28(4)67-37)44(60)55-70(63,64)46(5)17-18-46)24-38(40(57)48(49,50)51)68-33-22-34(53-35(23-33)42-52-19-21-69-42)29-13-15-32(16-14-29)66-27(2)3/h8,11,13-16,19,21-23,27-28,30-31,36-40H,6-7,9-10,12,17-18,20,24-26H2,1-5H3,(H,54,58)(H,55,60)(H,61,62)/b11-8-/t28-,30-,31?,36+,37+,38-,39+,40?,47-/m1/s1. The second-order valence-corrected chi connectivity index (χ2v) is 22.4. The summed E-state index contributed by atoms with van der Waals surface area (Å²) in [7, 11) is -4.24. The minimum atomic E-state index is -5.31. The molecule has 4 amide bonds. The Morgan fingerprint density at radius 1 is 1.11 bits per heavy atom. The maximum absolute atomic E-state index is 16.2. The SMILES string of the molecule is CC[C@@H]1O[C@H](C)CC/C=C\[C@@H]2C[C@@]2(C(=O)NS(=O)(=O)C2(C)CC2)NC(=O)[C@@H]2C[C@@H](Oc3cc(-c4ccc(OC(C)C)cc4)nc(-c4nccs4)c3)C(C(F)(F)F)N2C(=O)[C@H]1N(C(=O)O)C1CCCOC1. The predicted octanol–water partition coefficient (Wildman–Crippen LogP) is 6.87. The molecule has 3 aliphatic heterocycles. The monoisotopic (exact) mass is 1020 g/mol. The van der Waals surface area contributed by atoms with Gasteiger partial charge in [-0.25, -0.2) is 23.2 Å². The molecule has 5 heterocycles. The highest BCUT2D eigenvalue weighted by Crippen LogP contribution is 2.49. The van der Waals surface area contributed by atoms with Crippen LogP contribution in [0.3, 0.4) is 0 Å². The molecule has 3 N–H and O–H groups in total. The van der Waals surface area contributed by atoms with Crippen molar-refractivity contribution in [2.75, 3.05) is 13.2 Å². The largest absolute Gasteiger partial charge is 0.491 e. The minimum Gasteiger partial charge on any atom is -0.491 e. The van der Waals surface area contributed by atoms with Crippen molar-refractivity contribution < 1.29 is 64.8 Å². The lowest BCUT2D eigenvalue weighted by atomic mass is 9.99. The molecule has 9 atom stereocenters. The Labute approximate surface area is 408 Å². The van der Waals surface area contributed by atoms with E-state index in [0.29, 0.717) is 65.6 Å². The van der Waals surface area contributed by atoms with Gasteiger partial charge in [-0.15, -0.1) is 11.3 Å². The third-order valence-electron chi connectivity index (χ3n) is 13.8. The first-order valence-corrected chi connectivity index (χ1v) is 26.1. The lowest BCUT2D eigenvalue weighted by Crippen LogP contribution is -2.66. The number of carboxylic acid groups (broad SMARTS) is 1. The van der Waals surface area contributed by atoms with Gasteiger partial charge in [-0.2, -0.15) is 13.2 Å². The number of hydrogen-bond acceptors (Lipinski definition) is 13. The first-order chi connectivity index (χ1) is 33.1. The minimum absolute atomic E-state index is 0.0160. The molecule has 2 saturated heterocycles. The Hall–Kier alpha value is -5.32. The van der Waals surface area contributed by atoms with E-state index in [9.17, 15) is 23.1 Å². The van der Waals surface area contributed by atoms with E-state index in [1.54, 1.807) is 55.6 Å². The molecule has 70 heavy (non-hydrogen) atoms. The van der Waals surface area contributed by atoms with Gasteiger partial charge in [0, 0.05) is 48.2 Å². The highest BCUT2D eigenvalue weighted by atomic mass is 32.2. The molecular formula is C48H59F3N6O11S2. The van der Waals surface area contributed by atoms with Crippen LogP contribution in [0.2, 0.25) is 0 Å². The summed E-state index contributed by atoms with van der Waals surface area (Å²) in [5.41, 5.74) is -0.817. The Bertz CT molecular complexity index is 2560. The van der Waals surface area contributed by atoms with Gasteiger partial charge in [0.1, 0.15) is 45.9 Å². The van der Waals surface area contributed by atoms with Crippen LogP contribution in [0.1, 0.15) is 92.4 Å². The van der Waals surface area contributed by atoms with Crippen molar-refractivity contribution in [3.8, 4) is 33.5 Å². The first kappa shape index (κ1) is 51.0. The molecule has 2 saturated carbocycles. The van der Waals surface area contributed by atoms with Gasteiger partial charge in [0.2, 0.25) is 21.8 Å². The second kappa shape index (κ2) is 20.1. The molecule has 22 heteroatoms. The summed E-state index contributed by atoms with van der Waals surface area (Å²) in [6.45, 7) is 8.71. The van der Waals surface area contributed by atoms with Crippen LogP contribution in [0.25, 0.3) is 22.0 Å². The number of nitrogens with zero attached hydrogens (tertiary/aromatic N) is 4. The summed E-state index contributed by atoms with van der Waals surface area (Å²) in [5.74, 6) is -3.94. The fourth-order valence-corrected chi connectivity index (χ4v) is 11.6. The molecule has 4 fully saturated rings. The van der Waals surface area contributed by atoms with Gasteiger partial charge in [-0.05, 0) is 103 Å². The number of rotatable bonds is 12. The number of benzene rings is 1. The number of halogens is 3. The van der Waals surface area contributed by atoms with Gasteiger partial charge in [0.15, 0.2) is 6.04 Å². The van der Waals surface area contributed by atoms with E-state index in [1.807, 2.05) is 13.8 Å². The molecule has 2 aromatic heterocycles. The van der Waals surface area contributed by atoms with Crippen LogP contribution < -0.4 is 19.5 Å². The molecule has 2 aliphatic carbocycles. The summed E-state index contributed by atoms with van der Waals surface area (Å²) < 4.78 is 101. The highest BCUT2D eigenvalue weighted by molar-refractivity contribution is 7.91. The van der Waals surface area contributed by atoms with E-state index in [2.05, 4.69) is 15.0 Å². The number of amides is 4. The highest BCUT2D eigenvalue weighted by Gasteiger charge is 2.66. The molecule has 3 aromatic rings. The van der Waals surface area contributed by atoms with Crippen molar-refractivity contribution in [1.82, 2.24) is 29.8 Å². The Morgan fingerprint density at radius 2 is 1.84 bits per heavy atom. The average molecular weight is 1020 g/mol. The molecule has 380 valence electrons. The number of carbonyl (C=O) groups excluding carboxylic acids is 3. The quantitative estimate of drug-likeness (QED) is 0.158. The van der Waals surface area contributed by atoms with Crippen LogP contribution in [0.5, 0.6) is 11.5 Å². The predicted molar refractivity (Wildman–Crippen MR) is 250 cm³/mol. The number of sulfonamides is 1. The van der Waals surface area contributed by atoms with Crippen molar-refractivity contribution in [2.24, 2.45) is 5.92 Å². The lowest BCUT2D eigenvalue weighted by molar-refractivity contribution is -0.202. The van der Waals surface area contributed by atoms with E-state index < -0.39 is 105 Å². The van der Waals surface area contributed by atoms with E-state index in [1.165, 1.54) is 36.6 Å². The van der Waals surface area contributed by atoms with Crippen molar-refractivity contribution in [3.63, 3.8) is 0 Å². The number of aromatic nitrogens is 2. The smallest absolute Gasteiger partial charge is 0.412 e.